The van der Waals surface area contributed by atoms with Crippen molar-refractivity contribution >= 4 is 27.2 Å². The van der Waals surface area contributed by atoms with Gasteiger partial charge in [-0.2, -0.15) is 0 Å². The van der Waals surface area contributed by atoms with Crippen LogP contribution < -0.4 is 4.89 Å². The van der Waals surface area contributed by atoms with E-state index < -0.39 is 15.6 Å². The lowest BCUT2D eigenvalue weighted by Crippen LogP contribution is -2.41. The maximum Gasteiger partial charge on any atom is 0.474 e. The maximum atomic E-state index is 12.4. The summed E-state index contributed by atoms with van der Waals surface area (Å²) in [6.45, 7) is 6.63. The highest BCUT2D eigenvalue weighted by molar-refractivity contribution is 7.48. The number of carbonyl (C=O) groups is 2. The first-order valence-electron chi connectivity index (χ1n) is 17.6. The van der Waals surface area contributed by atoms with Crippen LogP contribution in [-0.2, 0) is 44.8 Å². The van der Waals surface area contributed by atoms with Gasteiger partial charge in [0.05, 0.1) is 40.5 Å². The number of phosphoric acid groups is 2. The van der Waals surface area contributed by atoms with Crippen molar-refractivity contribution in [3.05, 3.63) is 143 Å². The molecule has 1 fully saturated rings. The van der Waals surface area contributed by atoms with Crippen LogP contribution in [0.1, 0.15) is 56.8 Å². The fourth-order valence-electron chi connectivity index (χ4n) is 5.14. The topological polar surface area (TPSA) is 141 Å². The van der Waals surface area contributed by atoms with Crippen LogP contribution in [0.25, 0.3) is 0 Å². The van der Waals surface area contributed by atoms with E-state index in [9.17, 15) is 23.6 Å². The molecule has 0 amide bonds. The molecule has 0 aromatic heterocycles. The molecule has 54 heavy (non-hydrogen) atoms. The molecule has 0 bridgehead atoms. The molecule has 0 aliphatic carbocycles. The monoisotopic (exact) mass is 782 g/mol. The molecular formula is C40H52N2O10P2. The molecule has 1 unspecified atom stereocenters. The minimum atomic E-state index is -4.21. The van der Waals surface area contributed by atoms with Crippen LogP contribution in [0.3, 0.4) is 0 Å². The Balaban J connectivity index is 0.000000247. The third kappa shape index (κ3) is 16.0. The summed E-state index contributed by atoms with van der Waals surface area (Å²) in [6, 6.07) is 33.8. The van der Waals surface area contributed by atoms with E-state index in [4.69, 9.17) is 18.1 Å². The molecule has 5 rings (SSSR count). The van der Waals surface area contributed by atoms with Crippen molar-refractivity contribution in [2.45, 2.75) is 26.9 Å². The number of benzene rings is 4. The smallest absolute Gasteiger partial charge is 0.474 e. The van der Waals surface area contributed by atoms with Crippen molar-refractivity contribution in [1.82, 2.24) is 4.90 Å². The van der Waals surface area contributed by atoms with E-state index in [-0.39, 0.29) is 24.8 Å². The third-order valence-corrected chi connectivity index (χ3v) is 10.4. The zero-order valence-electron chi connectivity index (χ0n) is 31.9. The van der Waals surface area contributed by atoms with Crippen molar-refractivity contribution in [2.24, 2.45) is 0 Å². The Morgan fingerprint density at radius 3 is 1.59 bits per heavy atom. The minimum absolute atomic E-state index is 0.00794. The van der Waals surface area contributed by atoms with Gasteiger partial charge >= 0.3 is 7.82 Å². The summed E-state index contributed by atoms with van der Waals surface area (Å²) in [4.78, 5) is 38.2. The fourth-order valence-corrected chi connectivity index (χ4v) is 6.97. The van der Waals surface area contributed by atoms with Crippen LogP contribution in [0.15, 0.2) is 109 Å². The van der Waals surface area contributed by atoms with Gasteiger partial charge in [-0.25, -0.2) is 4.57 Å². The zero-order chi connectivity index (χ0) is 39.6. The lowest BCUT2D eigenvalue weighted by atomic mass is 10.0. The van der Waals surface area contributed by atoms with Crippen molar-refractivity contribution in [3.8, 4) is 0 Å². The summed E-state index contributed by atoms with van der Waals surface area (Å²) in [7, 11) is 0.764. The first-order valence-corrected chi connectivity index (χ1v) is 20.6. The number of hydrogen-bond donors (Lipinski definition) is 0. The molecule has 4 aromatic rings. The Hall–Kier alpha value is -3.64. The summed E-state index contributed by atoms with van der Waals surface area (Å²) < 4.78 is 46.4. The van der Waals surface area contributed by atoms with Gasteiger partial charge < -0.3 is 23.3 Å². The predicted octanol–water partition coefficient (Wildman–Crippen LogP) is 7.17. The molecule has 1 aliphatic heterocycles. The first kappa shape index (κ1) is 44.8. The zero-order valence-corrected chi connectivity index (χ0v) is 33.7. The molecule has 0 spiro atoms. The van der Waals surface area contributed by atoms with Crippen LogP contribution in [0, 0.1) is 0 Å². The summed E-state index contributed by atoms with van der Waals surface area (Å²) in [5, 5.41) is 0. The second-order valence-corrected chi connectivity index (χ2v) is 16.1. The van der Waals surface area contributed by atoms with Gasteiger partial charge in [-0.1, -0.05) is 109 Å². The highest BCUT2D eigenvalue weighted by atomic mass is 31.2. The van der Waals surface area contributed by atoms with Gasteiger partial charge in [-0.15, -0.1) is 0 Å². The number of nitrogens with zero attached hydrogens (tertiary/aromatic N) is 2. The summed E-state index contributed by atoms with van der Waals surface area (Å²) in [5.74, 6) is 0.0680. The van der Waals surface area contributed by atoms with E-state index in [0.717, 1.165) is 23.2 Å². The number of likely N-dealkylation sites (N-methyl/N-ethyl adjacent to an activating group) is 1. The Kier molecular flexibility index (Phi) is 18.3. The maximum absolute atomic E-state index is 12.4. The van der Waals surface area contributed by atoms with Gasteiger partial charge in [0.1, 0.15) is 19.7 Å². The van der Waals surface area contributed by atoms with Gasteiger partial charge in [0.15, 0.2) is 11.6 Å². The van der Waals surface area contributed by atoms with E-state index in [2.05, 4.69) is 9.42 Å². The van der Waals surface area contributed by atoms with Crippen molar-refractivity contribution in [1.29, 1.82) is 0 Å². The molecule has 1 heterocycles. The predicted molar refractivity (Wildman–Crippen MR) is 207 cm³/mol. The lowest BCUT2D eigenvalue weighted by Gasteiger charge is -2.31. The van der Waals surface area contributed by atoms with Crippen molar-refractivity contribution < 1.29 is 50.7 Å². The standard InChI is InChI=1S/C20H26NO5P.C16H17NO.C4H9O4P/c1-4-25-27(23,24)26-15-14-21(2,3)16-17-10-12-19(13-11-17)20(22)18-8-6-5-7-9-18;1-17(2)12-13-8-10-15(11-9-13)16(18)14-6-4-3-5-7-14;1-2-6-9(5)7-3-4-8-9/h5-13H,4,14-16H2,1-3H3;3-11H,12H2,1-2H3;2-4H2,1H3. The summed E-state index contributed by atoms with van der Waals surface area (Å²) >= 11 is 0. The average molecular weight is 783 g/mol. The summed E-state index contributed by atoms with van der Waals surface area (Å²) in [5.41, 5.74) is 5.04. The first-order chi connectivity index (χ1) is 25.7. The molecule has 1 saturated heterocycles. The normalized spacial score (nSPS) is 14.6. The van der Waals surface area contributed by atoms with Gasteiger partial charge in [-0.3, -0.25) is 27.7 Å². The van der Waals surface area contributed by atoms with Crippen molar-refractivity contribution in [2.75, 3.05) is 67.8 Å². The van der Waals surface area contributed by atoms with Crippen molar-refractivity contribution in [3.63, 3.8) is 0 Å². The molecule has 14 heteroatoms. The van der Waals surface area contributed by atoms with Gasteiger partial charge in [-0.05, 0) is 33.5 Å². The van der Waals surface area contributed by atoms with Gasteiger partial charge in [0.25, 0.3) is 7.82 Å². The number of ketones is 2. The van der Waals surface area contributed by atoms with Gasteiger partial charge in [0, 0.05) is 34.4 Å². The second-order valence-electron chi connectivity index (χ2n) is 13.1. The summed E-state index contributed by atoms with van der Waals surface area (Å²) in [6.07, 6.45) is 0. The Morgan fingerprint density at radius 2 is 1.17 bits per heavy atom. The number of phosphoric ester groups is 2. The molecule has 0 radical (unpaired) electrons. The average Bonchev–Trinajstić information content (AvgIpc) is 3.58. The van der Waals surface area contributed by atoms with Crippen LogP contribution in [0.2, 0.25) is 0 Å². The lowest BCUT2D eigenvalue weighted by molar-refractivity contribution is -0.903. The molecular weight excluding hydrogens is 730 g/mol. The molecule has 12 nitrogen and oxygen atoms in total. The van der Waals surface area contributed by atoms with Crippen LogP contribution in [0.5, 0.6) is 0 Å². The number of hydrogen-bond acceptors (Lipinski definition) is 11. The Bertz CT molecular complexity index is 1810. The molecule has 292 valence electrons. The Morgan fingerprint density at radius 1 is 0.722 bits per heavy atom. The van der Waals surface area contributed by atoms with Gasteiger partial charge in [0.2, 0.25) is 0 Å². The number of carbonyl (C=O) groups excluding carboxylic acids is 2. The molecule has 1 aliphatic rings. The SMILES string of the molecule is CCOP(=O)([O-])OCC[N+](C)(C)Cc1ccc(C(=O)c2ccccc2)cc1.CCOP1(=O)OCCO1.CN(C)Cc1ccc(C(=O)c2ccccc2)cc1. The molecule has 1 atom stereocenters. The van der Waals surface area contributed by atoms with Crippen LogP contribution >= 0.6 is 15.6 Å². The molecule has 0 saturated carbocycles. The van der Waals surface area contributed by atoms with E-state index in [1.165, 1.54) is 5.56 Å². The Labute approximate surface area is 319 Å². The van der Waals surface area contributed by atoms with Crippen LogP contribution in [0.4, 0.5) is 0 Å². The van der Waals surface area contributed by atoms with E-state index in [1.54, 1.807) is 26.0 Å². The third-order valence-electron chi connectivity index (χ3n) is 7.72. The minimum Gasteiger partial charge on any atom is -0.756 e. The molecule has 0 N–H and O–H groups in total. The van der Waals surface area contributed by atoms with E-state index in [0.29, 0.717) is 48.5 Å². The number of rotatable bonds is 16. The quantitative estimate of drug-likeness (QED) is 0.0649. The highest BCUT2D eigenvalue weighted by Crippen LogP contribution is 2.52. The fraction of sp³-hybridized carbons (Fsp3) is 0.350. The largest absolute Gasteiger partial charge is 0.756 e. The van der Waals surface area contributed by atoms with E-state index >= 15 is 0 Å². The van der Waals surface area contributed by atoms with E-state index in [1.807, 2.05) is 125 Å². The molecule has 4 aromatic carbocycles. The second kappa shape index (κ2) is 22.0. The van der Waals surface area contributed by atoms with Crippen LogP contribution in [-0.4, -0.2) is 88.7 Å². The highest BCUT2D eigenvalue weighted by Gasteiger charge is 2.30. The number of quaternary nitrogens is 1.